The van der Waals surface area contributed by atoms with E-state index >= 15 is 0 Å². The van der Waals surface area contributed by atoms with Crippen molar-refractivity contribution in [3.63, 3.8) is 0 Å². The summed E-state index contributed by atoms with van der Waals surface area (Å²) in [5.74, 6) is -0.439. The lowest BCUT2D eigenvalue weighted by atomic mass is 9.88. The van der Waals surface area contributed by atoms with Crippen LogP contribution in [0.3, 0.4) is 0 Å². The van der Waals surface area contributed by atoms with Crippen molar-refractivity contribution in [1.29, 1.82) is 0 Å². The molecule has 4 rings (SSSR count). The fourth-order valence-electron chi connectivity index (χ4n) is 4.92. The largest absolute Gasteiger partial charge is 0.497 e. The van der Waals surface area contributed by atoms with Crippen molar-refractivity contribution in [2.45, 2.75) is 50.6 Å². The fourth-order valence-corrected chi connectivity index (χ4v) is 4.92. The van der Waals surface area contributed by atoms with E-state index in [0.29, 0.717) is 30.0 Å². The summed E-state index contributed by atoms with van der Waals surface area (Å²) < 4.78 is 18.3. The van der Waals surface area contributed by atoms with Gasteiger partial charge in [-0.25, -0.2) is 4.39 Å². The van der Waals surface area contributed by atoms with Crippen LogP contribution >= 0.6 is 0 Å². The summed E-state index contributed by atoms with van der Waals surface area (Å²) in [6.07, 6.45) is 4.97. The molecule has 35 heavy (non-hydrogen) atoms. The highest BCUT2D eigenvalue weighted by atomic mass is 19.1. The number of nitrogens with zero attached hydrogens (tertiary/aromatic N) is 1. The third kappa shape index (κ3) is 6.18. The molecule has 1 saturated heterocycles. The maximum absolute atomic E-state index is 13.2. The lowest BCUT2D eigenvalue weighted by Gasteiger charge is -2.36. The first kappa shape index (κ1) is 24.7. The third-order valence-electron chi connectivity index (χ3n) is 6.93. The van der Waals surface area contributed by atoms with Gasteiger partial charge in [-0.3, -0.25) is 14.4 Å². The zero-order chi connectivity index (χ0) is 24.8. The van der Waals surface area contributed by atoms with E-state index in [9.17, 15) is 18.8 Å². The van der Waals surface area contributed by atoms with Gasteiger partial charge in [-0.15, -0.1) is 0 Å². The number of rotatable bonds is 6. The Bertz CT molecular complexity index is 1040. The molecule has 8 heteroatoms. The monoisotopic (exact) mass is 481 g/mol. The Morgan fingerprint density at radius 1 is 0.857 bits per heavy atom. The Kier molecular flexibility index (Phi) is 8.00. The molecule has 2 unspecified atom stereocenters. The lowest BCUT2D eigenvalue weighted by molar-refractivity contribution is -0.127. The number of methoxy groups -OCH3 is 1. The fraction of sp³-hybridized carbons (Fsp3) is 0.444. The average molecular weight is 482 g/mol. The average Bonchev–Trinajstić information content (AvgIpc) is 2.90. The molecule has 7 nitrogen and oxygen atoms in total. The summed E-state index contributed by atoms with van der Waals surface area (Å²) in [6, 6.07) is 12.1. The van der Waals surface area contributed by atoms with Crippen LogP contribution in [-0.2, 0) is 4.79 Å². The minimum atomic E-state index is -0.392. The Hall–Kier alpha value is -3.42. The van der Waals surface area contributed by atoms with E-state index in [2.05, 4.69) is 10.6 Å². The highest BCUT2D eigenvalue weighted by molar-refractivity contribution is 5.95. The van der Waals surface area contributed by atoms with Crippen molar-refractivity contribution in [3.05, 3.63) is 65.5 Å². The Morgan fingerprint density at radius 2 is 1.49 bits per heavy atom. The van der Waals surface area contributed by atoms with Gasteiger partial charge in [0.05, 0.1) is 13.0 Å². The molecule has 2 aliphatic rings. The number of piperidine rings is 1. The van der Waals surface area contributed by atoms with Gasteiger partial charge in [-0.1, -0.05) is 12.8 Å². The second kappa shape index (κ2) is 11.3. The number of benzene rings is 2. The van der Waals surface area contributed by atoms with Gasteiger partial charge < -0.3 is 20.3 Å². The van der Waals surface area contributed by atoms with Crippen LogP contribution in [-0.4, -0.2) is 54.9 Å². The molecule has 0 bridgehead atoms. The zero-order valence-corrected chi connectivity index (χ0v) is 20.0. The molecule has 1 heterocycles. The van der Waals surface area contributed by atoms with Crippen molar-refractivity contribution in [2.75, 3.05) is 20.2 Å². The maximum Gasteiger partial charge on any atom is 0.253 e. The van der Waals surface area contributed by atoms with Crippen LogP contribution in [0.4, 0.5) is 4.39 Å². The smallest absolute Gasteiger partial charge is 0.253 e. The molecule has 186 valence electrons. The van der Waals surface area contributed by atoms with Gasteiger partial charge in [0, 0.05) is 36.3 Å². The van der Waals surface area contributed by atoms with Gasteiger partial charge in [-0.2, -0.15) is 0 Å². The maximum atomic E-state index is 13.2. The van der Waals surface area contributed by atoms with Crippen LogP contribution in [0.5, 0.6) is 5.75 Å². The molecule has 1 aliphatic heterocycles. The summed E-state index contributed by atoms with van der Waals surface area (Å²) in [6.45, 7) is 0.991. The zero-order valence-electron chi connectivity index (χ0n) is 20.0. The van der Waals surface area contributed by atoms with Crippen LogP contribution < -0.4 is 15.4 Å². The van der Waals surface area contributed by atoms with Gasteiger partial charge >= 0.3 is 0 Å². The van der Waals surface area contributed by atoms with E-state index in [1.54, 1.807) is 36.3 Å². The number of nitrogens with one attached hydrogen (secondary N) is 2. The van der Waals surface area contributed by atoms with Crippen LogP contribution in [0.25, 0.3) is 0 Å². The predicted molar refractivity (Wildman–Crippen MR) is 130 cm³/mol. The predicted octanol–water partition coefficient (Wildman–Crippen LogP) is 3.54. The third-order valence-corrected chi connectivity index (χ3v) is 6.93. The van der Waals surface area contributed by atoms with E-state index in [4.69, 9.17) is 4.74 Å². The molecular formula is C27H32FN3O4. The summed E-state index contributed by atoms with van der Waals surface area (Å²) in [7, 11) is 1.58. The second-order valence-corrected chi connectivity index (χ2v) is 9.31. The molecule has 1 saturated carbocycles. The highest BCUT2D eigenvalue weighted by Crippen LogP contribution is 2.23. The van der Waals surface area contributed by atoms with Gasteiger partial charge in [0.1, 0.15) is 11.6 Å². The number of hydrogen-bond donors (Lipinski definition) is 2. The summed E-state index contributed by atoms with van der Waals surface area (Å²) in [5, 5.41) is 6.17. The SMILES string of the molecule is COc1ccc(C(=O)N2CCCC(C(=O)NC3CCCC[C@H]3NC(=O)c3ccc(F)cc3)C2)cc1. The molecule has 0 aromatic heterocycles. The molecule has 2 N–H and O–H groups in total. The number of hydrogen-bond acceptors (Lipinski definition) is 4. The molecule has 3 atom stereocenters. The van der Waals surface area contributed by atoms with Crippen molar-refractivity contribution in [3.8, 4) is 5.75 Å². The molecule has 1 aliphatic carbocycles. The topological polar surface area (TPSA) is 87.7 Å². The summed E-state index contributed by atoms with van der Waals surface area (Å²) in [4.78, 5) is 40.5. The minimum absolute atomic E-state index is 0.0786. The molecule has 2 fully saturated rings. The van der Waals surface area contributed by atoms with Crippen LogP contribution in [0.15, 0.2) is 48.5 Å². The number of halogens is 1. The Balaban J connectivity index is 1.35. The van der Waals surface area contributed by atoms with Crippen molar-refractivity contribution in [2.24, 2.45) is 5.92 Å². The highest BCUT2D eigenvalue weighted by Gasteiger charge is 2.33. The van der Waals surface area contributed by atoms with E-state index in [1.807, 2.05) is 0 Å². The standard InChI is InChI=1S/C27H32FN3O4/c1-35-22-14-10-19(11-15-22)27(34)31-16-4-5-20(17-31)26(33)30-24-7-3-2-6-23(24)29-25(32)18-8-12-21(28)13-9-18/h8-15,20,23-24H,2-7,16-17H2,1H3,(H,29,32)(H,30,33)/t20?,23-,24?/m1/s1. The molecule has 0 radical (unpaired) electrons. The van der Waals surface area contributed by atoms with E-state index in [-0.39, 0.29) is 35.7 Å². The van der Waals surface area contributed by atoms with Crippen molar-refractivity contribution < 1.29 is 23.5 Å². The normalized spacial score (nSPS) is 22.2. The Morgan fingerprint density at radius 3 is 2.14 bits per heavy atom. The molecule has 2 aromatic carbocycles. The number of likely N-dealkylation sites (tertiary alicyclic amines) is 1. The van der Waals surface area contributed by atoms with Gasteiger partial charge in [0.15, 0.2) is 0 Å². The first-order valence-electron chi connectivity index (χ1n) is 12.2. The second-order valence-electron chi connectivity index (χ2n) is 9.31. The number of ether oxygens (including phenoxy) is 1. The molecule has 0 spiro atoms. The molecule has 3 amide bonds. The number of amides is 3. The van der Waals surface area contributed by atoms with Gasteiger partial charge in [-0.05, 0) is 74.2 Å². The van der Waals surface area contributed by atoms with Crippen LogP contribution in [0.2, 0.25) is 0 Å². The molecular weight excluding hydrogens is 449 g/mol. The van der Waals surface area contributed by atoms with Gasteiger partial charge in [0.25, 0.3) is 11.8 Å². The quantitative estimate of drug-likeness (QED) is 0.661. The lowest BCUT2D eigenvalue weighted by Crippen LogP contribution is -2.55. The van der Waals surface area contributed by atoms with Crippen molar-refractivity contribution in [1.82, 2.24) is 15.5 Å². The van der Waals surface area contributed by atoms with Crippen LogP contribution in [0.1, 0.15) is 59.2 Å². The summed E-state index contributed by atoms with van der Waals surface area (Å²) in [5.41, 5.74) is 0.963. The van der Waals surface area contributed by atoms with Crippen LogP contribution in [0, 0.1) is 11.7 Å². The van der Waals surface area contributed by atoms with E-state index < -0.39 is 5.82 Å². The van der Waals surface area contributed by atoms with Crippen molar-refractivity contribution >= 4 is 17.7 Å². The number of carbonyl (C=O) groups excluding carboxylic acids is 3. The first-order chi connectivity index (χ1) is 16.9. The Labute approximate surface area is 205 Å². The summed E-state index contributed by atoms with van der Waals surface area (Å²) >= 11 is 0. The number of carbonyl (C=O) groups is 3. The van der Waals surface area contributed by atoms with E-state index in [1.165, 1.54) is 24.3 Å². The first-order valence-corrected chi connectivity index (χ1v) is 12.2. The van der Waals surface area contributed by atoms with Gasteiger partial charge in [0.2, 0.25) is 5.91 Å². The van der Waals surface area contributed by atoms with E-state index in [0.717, 1.165) is 38.5 Å². The molecule has 2 aromatic rings. The minimum Gasteiger partial charge on any atom is -0.497 e.